The summed E-state index contributed by atoms with van der Waals surface area (Å²) in [7, 11) is -3.20. The lowest BCUT2D eigenvalue weighted by Gasteiger charge is -2.26. The van der Waals surface area contributed by atoms with Crippen LogP contribution in [0.25, 0.3) is 0 Å². The third-order valence-corrected chi connectivity index (χ3v) is 5.38. The molecule has 2 rings (SSSR count). The van der Waals surface area contributed by atoms with Crippen molar-refractivity contribution < 1.29 is 22.7 Å². The lowest BCUT2D eigenvalue weighted by Crippen LogP contribution is -2.49. The molecule has 26 heavy (non-hydrogen) atoms. The zero-order valence-electron chi connectivity index (χ0n) is 15.1. The molecule has 3 atom stereocenters. The number of ether oxygens (including phenoxy) is 1. The monoisotopic (exact) mass is 382 g/mol. The van der Waals surface area contributed by atoms with Crippen LogP contribution in [0.15, 0.2) is 30.3 Å². The number of benzene rings is 1. The molecule has 1 heterocycles. The molecule has 2 N–H and O–H groups in total. The summed E-state index contributed by atoms with van der Waals surface area (Å²) in [5.41, 5.74) is 6.74. The van der Waals surface area contributed by atoms with Crippen LogP contribution < -0.4 is 5.73 Å². The van der Waals surface area contributed by atoms with Crippen LogP contribution in [0.1, 0.15) is 25.3 Å². The molecule has 1 aliphatic rings. The largest absolute Gasteiger partial charge is 0.459 e. The molecule has 1 aliphatic heterocycles. The van der Waals surface area contributed by atoms with Crippen molar-refractivity contribution in [3.63, 3.8) is 0 Å². The molecule has 144 valence electrons. The number of sulfone groups is 1. The minimum absolute atomic E-state index is 0.0360. The molecule has 1 amide bonds. The lowest BCUT2D eigenvalue weighted by atomic mass is 10.1. The summed E-state index contributed by atoms with van der Waals surface area (Å²) in [4.78, 5) is 26.5. The van der Waals surface area contributed by atoms with E-state index >= 15 is 0 Å². The average Bonchev–Trinajstić information content (AvgIpc) is 2.99. The molecular weight excluding hydrogens is 356 g/mol. The van der Waals surface area contributed by atoms with E-state index in [2.05, 4.69) is 0 Å². The Labute approximate surface area is 154 Å². The van der Waals surface area contributed by atoms with Gasteiger partial charge in [-0.05, 0) is 24.3 Å². The molecule has 3 unspecified atom stereocenters. The van der Waals surface area contributed by atoms with E-state index in [1.807, 2.05) is 37.3 Å². The van der Waals surface area contributed by atoms with Crippen LogP contribution in [0.5, 0.6) is 0 Å². The summed E-state index contributed by atoms with van der Waals surface area (Å²) in [6, 6.07) is 7.69. The van der Waals surface area contributed by atoms with Crippen LogP contribution >= 0.6 is 0 Å². The standard InChI is InChI=1S/C18H26N2O5S/c1-13-10-16(18(22)25-12-14-6-4-3-5-7-14)20(11-13)17(21)15(19)8-9-26(2,23)24/h3-7,13,15-16H,8-12,19H2,1-2H3. The third-order valence-electron chi connectivity index (χ3n) is 4.41. The summed E-state index contributed by atoms with van der Waals surface area (Å²) < 4.78 is 27.9. The van der Waals surface area contributed by atoms with E-state index in [-0.39, 0.29) is 24.7 Å². The summed E-state index contributed by atoms with van der Waals surface area (Å²) in [6.45, 7) is 2.51. The van der Waals surface area contributed by atoms with Crippen molar-refractivity contribution in [3.05, 3.63) is 35.9 Å². The minimum Gasteiger partial charge on any atom is -0.459 e. The highest BCUT2D eigenvalue weighted by atomic mass is 32.2. The van der Waals surface area contributed by atoms with E-state index in [0.29, 0.717) is 13.0 Å². The van der Waals surface area contributed by atoms with Crippen molar-refractivity contribution in [3.8, 4) is 0 Å². The first-order valence-electron chi connectivity index (χ1n) is 8.61. The molecule has 0 aromatic heterocycles. The third kappa shape index (κ3) is 5.81. The van der Waals surface area contributed by atoms with Gasteiger partial charge < -0.3 is 15.4 Å². The molecule has 7 nitrogen and oxygen atoms in total. The van der Waals surface area contributed by atoms with Crippen molar-refractivity contribution in [2.24, 2.45) is 11.7 Å². The van der Waals surface area contributed by atoms with Crippen molar-refractivity contribution in [2.75, 3.05) is 18.6 Å². The lowest BCUT2D eigenvalue weighted by molar-refractivity contribution is -0.154. The fraction of sp³-hybridized carbons (Fsp3) is 0.556. The van der Waals surface area contributed by atoms with Crippen molar-refractivity contribution in [1.82, 2.24) is 4.90 Å². The maximum atomic E-state index is 12.6. The quantitative estimate of drug-likeness (QED) is 0.697. The van der Waals surface area contributed by atoms with Gasteiger partial charge in [0.05, 0.1) is 11.8 Å². The first-order chi connectivity index (χ1) is 12.2. The number of hydrogen-bond donors (Lipinski definition) is 1. The average molecular weight is 382 g/mol. The number of carbonyl (C=O) groups excluding carboxylic acids is 2. The number of nitrogens with two attached hydrogens (primary N) is 1. The highest BCUT2D eigenvalue weighted by molar-refractivity contribution is 7.90. The number of esters is 1. The van der Waals surface area contributed by atoms with E-state index in [9.17, 15) is 18.0 Å². The van der Waals surface area contributed by atoms with Gasteiger partial charge in [-0.1, -0.05) is 37.3 Å². The number of likely N-dealkylation sites (tertiary alicyclic amines) is 1. The van der Waals surface area contributed by atoms with Crippen LogP contribution in [0.4, 0.5) is 0 Å². The van der Waals surface area contributed by atoms with Gasteiger partial charge in [-0.2, -0.15) is 0 Å². The Morgan fingerprint density at radius 1 is 1.31 bits per heavy atom. The predicted octanol–water partition coefficient (Wildman–Crippen LogP) is 0.729. The van der Waals surface area contributed by atoms with Gasteiger partial charge in [0.2, 0.25) is 5.91 Å². The highest BCUT2D eigenvalue weighted by Crippen LogP contribution is 2.25. The second-order valence-electron chi connectivity index (χ2n) is 6.97. The Morgan fingerprint density at radius 3 is 2.58 bits per heavy atom. The molecule has 0 saturated carbocycles. The molecule has 1 aromatic rings. The molecule has 8 heteroatoms. The van der Waals surface area contributed by atoms with Crippen molar-refractivity contribution in [1.29, 1.82) is 0 Å². The summed E-state index contributed by atoms with van der Waals surface area (Å²) in [5.74, 6) is -0.872. The highest BCUT2D eigenvalue weighted by Gasteiger charge is 2.40. The molecule has 0 spiro atoms. The van der Waals surface area contributed by atoms with E-state index in [1.54, 1.807) is 0 Å². The number of hydrogen-bond acceptors (Lipinski definition) is 6. The molecule has 1 aromatic carbocycles. The van der Waals surface area contributed by atoms with Crippen LogP contribution in [-0.4, -0.2) is 55.8 Å². The zero-order valence-corrected chi connectivity index (χ0v) is 15.9. The Hall–Kier alpha value is -1.93. The Morgan fingerprint density at radius 2 is 1.96 bits per heavy atom. The maximum absolute atomic E-state index is 12.6. The molecule has 0 radical (unpaired) electrons. The van der Waals surface area contributed by atoms with Crippen LogP contribution in [0.2, 0.25) is 0 Å². The van der Waals surface area contributed by atoms with Crippen LogP contribution in [-0.2, 0) is 30.8 Å². The van der Waals surface area contributed by atoms with E-state index < -0.39 is 33.8 Å². The van der Waals surface area contributed by atoms with Gasteiger partial charge in [-0.25, -0.2) is 13.2 Å². The van der Waals surface area contributed by atoms with Crippen LogP contribution in [0, 0.1) is 5.92 Å². The maximum Gasteiger partial charge on any atom is 0.329 e. The zero-order chi connectivity index (χ0) is 19.3. The van der Waals surface area contributed by atoms with Crippen LogP contribution in [0.3, 0.4) is 0 Å². The second kappa shape index (κ2) is 8.64. The Balaban J connectivity index is 1.97. The van der Waals surface area contributed by atoms with E-state index in [1.165, 1.54) is 4.90 Å². The molecule has 0 aliphatic carbocycles. The second-order valence-corrected chi connectivity index (χ2v) is 9.23. The van der Waals surface area contributed by atoms with Gasteiger partial charge in [0.1, 0.15) is 22.5 Å². The fourth-order valence-electron chi connectivity index (χ4n) is 3.02. The SMILES string of the molecule is CC1CC(C(=O)OCc2ccccc2)N(C(=O)C(N)CCS(C)(=O)=O)C1. The van der Waals surface area contributed by atoms with E-state index in [0.717, 1.165) is 11.8 Å². The summed E-state index contributed by atoms with van der Waals surface area (Å²) in [5, 5.41) is 0. The topological polar surface area (TPSA) is 107 Å². The fourth-order valence-corrected chi connectivity index (χ4v) is 3.70. The number of amides is 1. The van der Waals surface area contributed by atoms with Gasteiger partial charge in [-0.3, -0.25) is 4.79 Å². The van der Waals surface area contributed by atoms with Crippen molar-refractivity contribution in [2.45, 2.75) is 38.5 Å². The molecule has 0 bridgehead atoms. The number of rotatable bonds is 7. The van der Waals surface area contributed by atoms with Gasteiger partial charge in [0, 0.05) is 12.8 Å². The van der Waals surface area contributed by atoms with Gasteiger partial charge in [0.15, 0.2) is 0 Å². The number of carbonyl (C=O) groups is 2. The smallest absolute Gasteiger partial charge is 0.329 e. The molecule has 1 saturated heterocycles. The normalized spacial score (nSPS) is 21.4. The Bertz CT molecular complexity index is 735. The summed E-state index contributed by atoms with van der Waals surface area (Å²) >= 11 is 0. The first-order valence-corrected chi connectivity index (χ1v) is 10.7. The number of nitrogens with zero attached hydrogens (tertiary/aromatic N) is 1. The minimum atomic E-state index is -3.20. The van der Waals surface area contributed by atoms with E-state index in [4.69, 9.17) is 10.5 Å². The van der Waals surface area contributed by atoms with Gasteiger partial charge >= 0.3 is 5.97 Å². The Kier molecular flexibility index (Phi) is 6.77. The van der Waals surface area contributed by atoms with Gasteiger partial charge in [-0.15, -0.1) is 0 Å². The molecular formula is C18H26N2O5S. The van der Waals surface area contributed by atoms with Crippen molar-refractivity contribution >= 4 is 21.7 Å². The van der Waals surface area contributed by atoms with Gasteiger partial charge in [0.25, 0.3) is 0 Å². The summed E-state index contributed by atoms with van der Waals surface area (Å²) in [6.07, 6.45) is 1.65. The predicted molar refractivity (Wildman–Crippen MR) is 97.8 cm³/mol. The first kappa shape index (κ1) is 20.4. The molecule has 1 fully saturated rings.